The molecule has 2 aromatic carbocycles. The molecule has 1 saturated heterocycles. The van der Waals surface area contributed by atoms with Crippen LogP contribution in [0.5, 0.6) is 0 Å². The van der Waals surface area contributed by atoms with Gasteiger partial charge in [0, 0.05) is 39.2 Å². The van der Waals surface area contributed by atoms with E-state index < -0.39 is 31.8 Å². The SMILES string of the molecule is CN1C(=O)[C@@H]2[C@H](C1=O)c1c(n(COCC[Si](C)(C)C)c3ccccc13)C[C@H]2C(=O)OCc1ccccc1. The Bertz CT molecular complexity index is 1340. The maximum Gasteiger partial charge on any atom is 0.310 e. The summed E-state index contributed by atoms with van der Waals surface area (Å²) >= 11 is 0. The largest absolute Gasteiger partial charge is 0.461 e. The van der Waals surface area contributed by atoms with Crippen molar-refractivity contribution in [2.24, 2.45) is 11.8 Å². The summed E-state index contributed by atoms with van der Waals surface area (Å²) in [4.78, 5) is 41.3. The standard InChI is InChI=1S/C29H34N2O5Si/c1-30-27(32)25-21(29(34)36-17-19-10-6-5-7-11-19)16-23-24(26(25)28(30)33)20-12-8-9-13-22(20)31(23)18-35-14-15-37(2,3)4/h5-13,21,25-26H,14-18H2,1-4H3/t21-,25+,26-/m1/s1. The molecule has 1 fully saturated rings. The van der Waals surface area contributed by atoms with Crippen molar-refractivity contribution in [3.8, 4) is 0 Å². The van der Waals surface area contributed by atoms with E-state index in [1.54, 1.807) is 0 Å². The molecule has 0 bridgehead atoms. The van der Waals surface area contributed by atoms with Gasteiger partial charge in [-0.1, -0.05) is 68.2 Å². The van der Waals surface area contributed by atoms with Gasteiger partial charge in [-0.25, -0.2) is 0 Å². The number of carbonyl (C=O) groups excluding carboxylic acids is 3. The molecule has 0 saturated carbocycles. The molecule has 2 aliphatic rings. The Morgan fingerprint density at radius 3 is 2.43 bits per heavy atom. The van der Waals surface area contributed by atoms with Crippen LogP contribution in [-0.2, 0) is 43.6 Å². The highest BCUT2D eigenvalue weighted by Gasteiger charge is 2.57. The van der Waals surface area contributed by atoms with Crippen molar-refractivity contribution in [2.45, 2.75) is 51.4 Å². The maximum atomic E-state index is 13.4. The van der Waals surface area contributed by atoms with E-state index >= 15 is 0 Å². The number of hydrogen-bond donors (Lipinski definition) is 0. The summed E-state index contributed by atoms with van der Waals surface area (Å²) in [6.45, 7) is 8.06. The minimum absolute atomic E-state index is 0.126. The molecule has 1 aromatic heterocycles. The van der Waals surface area contributed by atoms with Crippen LogP contribution in [-0.4, -0.2) is 49.0 Å². The second-order valence-corrected chi connectivity index (χ2v) is 16.9. The lowest BCUT2D eigenvalue weighted by Crippen LogP contribution is -2.38. The van der Waals surface area contributed by atoms with Gasteiger partial charge in [-0.2, -0.15) is 0 Å². The molecule has 2 heterocycles. The molecule has 2 amide bonds. The topological polar surface area (TPSA) is 77.8 Å². The van der Waals surface area contributed by atoms with Gasteiger partial charge in [-0.15, -0.1) is 0 Å². The van der Waals surface area contributed by atoms with Gasteiger partial charge < -0.3 is 14.0 Å². The lowest BCUT2D eigenvalue weighted by molar-refractivity contribution is -0.155. The Morgan fingerprint density at radius 2 is 1.70 bits per heavy atom. The Hall–Kier alpha value is -3.23. The average molecular weight is 519 g/mol. The van der Waals surface area contributed by atoms with E-state index in [9.17, 15) is 14.4 Å². The van der Waals surface area contributed by atoms with Crippen LogP contribution >= 0.6 is 0 Å². The summed E-state index contributed by atoms with van der Waals surface area (Å²) in [5.74, 6) is -3.24. The fraction of sp³-hybridized carbons (Fsp3) is 0.414. The zero-order valence-corrected chi connectivity index (χ0v) is 22.9. The molecule has 0 radical (unpaired) electrons. The number of nitrogens with zero attached hydrogens (tertiary/aromatic N) is 2. The number of aromatic nitrogens is 1. The number of para-hydroxylation sites is 1. The fourth-order valence-electron chi connectivity index (χ4n) is 5.58. The van der Waals surface area contributed by atoms with Gasteiger partial charge in [0.05, 0.1) is 23.3 Å². The molecule has 8 heteroatoms. The van der Waals surface area contributed by atoms with Gasteiger partial charge >= 0.3 is 5.97 Å². The average Bonchev–Trinajstić information content (AvgIpc) is 3.31. The minimum atomic E-state index is -1.25. The number of likely N-dealkylation sites (tertiary alicyclic amines) is 1. The van der Waals surface area contributed by atoms with Gasteiger partial charge in [0.2, 0.25) is 11.8 Å². The Morgan fingerprint density at radius 1 is 1.00 bits per heavy atom. The Kier molecular flexibility index (Phi) is 6.81. The van der Waals surface area contributed by atoms with Crippen LogP contribution < -0.4 is 0 Å². The molecular formula is C29H34N2O5Si. The van der Waals surface area contributed by atoms with Crippen LogP contribution in [0.4, 0.5) is 0 Å². The van der Waals surface area contributed by atoms with E-state index in [0.717, 1.165) is 33.8 Å². The summed E-state index contributed by atoms with van der Waals surface area (Å²) in [5, 5.41) is 0.939. The van der Waals surface area contributed by atoms with E-state index in [2.05, 4.69) is 24.2 Å². The summed E-state index contributed by atoms with van der Waals surface area (Å²) in [6, 6.07) is 18.4. The van der Waals surface area contributed by atoms with Crippen LogP contribution in [0, 0.1) is 11.8 Å². The molecule has 5 rings (SSSR count). The second kappa shape index (κ2) is 9.91. The van der Waals surface area contributed by atoms with E-state index in [4.69, 9.17) is 9.47 Å². The van der Waals surface area contributed by atoms with Crippen LogP contribution in [0.1, 0.15) is 22.7 Å². The third kappa shape index (κ3) is 4.75. The predicted octanol–water partition coefficient (Wildman–Crippen LogP) is 4.57. The van der Waals surface area contributed by atoms with Crippen molar-refractivity contribution in [1.29, 1.82) is 0 Å². The molecule has 3 atom stereocenters. The van der Waals surface area contributed by atoms with Gasteiger partial charge in [-0.3, -0.25) is 19.3 Å². The maximum absolute atomic E-state index is 13.4. The van der Waals surface area contributed by atoms with Gasteiger partial charge in [0.1, 0.15) is 13.3 Å². The molecular weight excluding hydrogens is 484 g/mol. The molecule has 0 unspecified atom stereocenters. The van der Waals surface area contributed by atoms with Crippen molar-refractivity contribution in [2.75, 3.05) is 13.7 Å². The molecule has 1 aliphatic heterocycles. The first-order chi connectivity index (χ1) is 17.7. The molecule has 3 aromatic rings. The Balaban J connectivity index is 1.51. The van der Waals surface area contributed by atoms with E-state index in [0.29, 0.717) is 19.8 Å². The predicted molar refractivity (Wildman–Crippen MR) is 143 cm³/mol. The van der Waals surface area contributed by atoms with Crippen molar-refractivity contribution in [3.63, 3.8) is 0 Å². The first-order valence-corrected chi connectivity index (χ1v) is 16.6. The number of likely N-dealkylation sites (N-methyl/N-ethyl adjacent to an activating group) is 1. The Labute approximate surface area is 218 Å². The number of hydrogen-bond acceptors (Lipinski definition) is 5. The second-order valence-electron chi connectivity index (χ2n) is 11.3. The number of rotatable bonds is 8. The number of carbonyl (C=O) groups is 3. The summed E-state index contributed by atoms with van der Waals surface area (Å²) < 4.78 is 13.9. The quantitative estimate of drug-likeness (QED) is 0.189. The van der Waals surface area contributed by atoms with E-state index in [1.807, 2.05) is 54.6 Å². The number of benzene rings is 2. The highest BCUT2D eigenvalue weighted by atomic mass is 28.3. The normalized spacial score (nSPS) is 21.3. The summed E-state index contributed by atoms with van der Waals surface area (Å²) in [6.07, 6.45) is 0.322. The van der Waals surface area contributed by atoms with Gasteiger partial charge in [-0.05, 0) is 23.2 Å². The molecule has 194 valence electrons. The number of amides is 2. The number of esters is 1. The van der Waals surface area contributed by atoms with Gasteiger partial charge in [0.15, 0.2) is 0 Å². The lowest BCUT2D eigenvalue weighted by atomic mass is 9.71. The fourth-order valence-corrected chi connectivity index (χ4v) is 6.33. The molecule has 0 spiro atoms. The van der Waals surface area contributed by atoms with Crippen LogP contribution in [0.2, 0.25) is 25.7 Å². The monoisotopic (exact) mass is 518 g/mol. The van der Waals surface area contributed by atoms with E-state index in [-0.39, 0.29) is 18.4 Å². The lowest BCUT2D eigenvalue weighted by Gasteiger charge is -2.30. The third-order valence-corrected chi connectivity index (χ3v) is 9.30. The van der Waals surface area contributed by atoms with Gasteiger partial charge in [0.25, 0.3) is 0 Å². The van der Waals surface area contributed by atoms with Crippen molar-refractivity contribution >= 4 is 36.8 Å². The first kappa shape index (κ1) is 25.4. The molecule has 37 heavy (non-hydrogen) atoms. The molecule has 7 nitrogen and oxygen atoms in total. The first-order valence-electron chi connectivity index (χ1n) is 12.9. The third-order valence-electron chi connectivity index (χ3n) is 7.59. The highest BCUT2D eigenvalue weighted by Crippen LogP contribution is 2.49. The molecule has 1 aliphatic carbocycles. The van der Waals surface area contributed by atoms with Crippen LogP contribution in [0.3, 0.4) is 0 Å². The number of imide groups is 1. The number of ether oxygens (including phenoxy) is 2. The number of fused-ring (bicyclic) bond motifs is 5. The zero-order valence-electron chi connectivity index (χ0n) is 21.9. The van der Waals surface area contributed by atoms with Crippen molar-refractivity contribution < 1.29 is 23.9 Å². The minimum Gasteiger partial charge on any atom is -0.461 e. The highest BCUT2D eigenvalue weighted by molar-refractivity contribution is 6.76. The van der Waals surface area contributed by atoms with Crippen molar-refractivity contribution in [1.82, 2.24) is 9.47 Å². The summed E-state index contributed by atoms with van der Waals surface area (Å²) in [7, 11) is 0.258. The van der Waals surface area contributed by atoms with Crippen LogP contribution in [0.25, 0.3) is 10.9 Å². The molecule has 0 N–H and O–H groups in total. The smallest absolute Gasteiger partial charge is 0.310 e. The van der Waals surface area contributed by atoms with Crippen molar-refractivity contribution in [3.05, 3.63) is 71.4 Å². The summed E-state index contributed by atoms with van der Waals surface area (Å²) in [5.41, 5.74) is 3.56. The van der Waals surface area contributed by atoms with Crippen LogP contribution in [0.15, 0.2) is 54.6 Å². The van der Waals surface area contributed by atoms with E-state index in [1.165, 1.54) is 11.9 Å². The zero-order chi connectivity index (χ0) is 26.3.